The van der Waals surface area contributed by atoms with E-state index in [0.29, 0.717) is 17.7 Å². The number of nitrogens with one attached hydrogen (secondary N) is 1. The molecule has 1 aromatic heterocycles. The van der Waals surface area contributed by atoms with Crippen molar-refractivity contribution in [1.29, 1.82) is 0 Å². The molecule has 0 unspecified atom stereocenters. The van der Waals surface area contributed by atoms with Crippen LogP contribution in [0.1, 0.15) is 30.0 Å². The first-order chi connectivity index (χ1) is 9.43. The summed E-state index contributed by atoms with van der Waals surface area (Å²) in [6, 6.07) is 5.62. The van der Waals surface area contributed by atoms with E-state index in [-0.39, 0.29) is 10.7 Å². The van der Waals surface area contributed by atoms with E-state index < -0.39 is 5.69 Å². The lowest BCUT2D eigenvalue weighted by molar-refractivity contribution is 0.810. The van der Waals surface area contributed by atoms with Crippen molar-refractivity contribution in [3.8, 4) is 5.69 Å². The van der Waals surface area contributed by atoms with Crippen molar-refractivity contribution < 1.29 is 0 Å². The molecule has 2 aromatic rings. The molecule has 4 nitrogen and oxygen atoms in total. The number of aryl methyl sites for hydroxylation is 2. The van der Waals surface area contributed by atoms with Gasteiger partial charge < -0.3 is 0 Å². The van der Waals surface area contributed by atoms with Crippen LogP contribution in [0.3, 0.4) is 0 Å². The SMILES string of the molecule is CCCc1c(Cl)[nH]c(=O)n(-c2cc(C)cc(C)c2)c1=O. The van der Waals surface area contributed by atoms with Crippen LogP contribution < -0.4 is 11.2 Å². The Bertz CT molecular complexity index is 739. The molecule has 0 bridgehead atoms. The summed E-state index contributed by atoms with van der Waals surface area (Å²) >= 11 is 5.97. The van der Waals surface area contributed by atoms with Crippen molar-refractivity contribution in [2.24, 2.45) is 0 Å². The molecule has 0 saturated heterocycles. The number of hydrogen-bond donors (Lipinski definition) is 1. The van der Waals surface area contributed by atoms with Gasteiger partial charge in [0.1, 0.15) is 5.15 Å². The van der Waals surface area contributed by atoms with Crippen LogP contribution in [-0.2, 0) is 6.42 Å². The van der Waals surface area contributed by atoms with Gasteiger partial charge in [0.05, 0.1) is 11.3 Å². The summed E-state index contributed by atoms with van der Waals surface area (Å²) in [5.74, 6) is 0. The first-order valence-electron chi connectivity index (χ1n) is 6.56. The van der Waals surface area contributed by atoms with Gasteiger partial charge in [-0.15, -0.1) is 0 Å². The molecule has 0 aliphatic carbocycles. The zero-order chi connectivity index (χ0) is 14.9. The Morgan fingerprint density at radius 1 is 1.15 bits per heavy atom. The molecule has 20 heavy (non-hydrogen) atoms. The summed E-state index contributed by atoms with van der Waals surface area (Å²) in [7, 11) is 0. The number of nitrogens with zero attached hydrogens (tertiary/aromatic N) is 1. The lowest BCUT2D eigenvalue weighted by Crippen LogP contribution is -2.36. The van der Waals surface area contributed by atoms with E-state index in [1.54, 1.807) is 0 Å². The fourth-order valence-corrected chi connectivity index (χ4v) is 2.58. The first kappa shape index (κ1) is 14.6. The lowest BCUT2D eigenvalue weighted by Gasteiger charge is -2.10. The summed E-state index contributed by atoms with van der Waals surface area (Å²) in [5.41, 5.74) is 2.17. The maximum absolute atomic E-state index is 12.5. The van der Waals surface area contributed by atoms with E-state index in [9.17, 15) is 9.59 Å². The highest BCUT2D eigenvalue weighted by Gasteiger charge is 2.13. The van der Waals surface area contributed by atoms with E-state index in [0.717, 1.165) is 22.1 Å². The summed E-state index contributed by atoms with van der Waals surface area (Å²) in [6.07, 6.45) is 1.33. The Labute approximate surface area is 122 Å². The topological polar surface area (TPSA) is 54.9 Å². The van der Waals surface area contributed by atoms with E-state index in [1.807, 2.05) is 39.0 Å². The predicted molar refractivity (Wildman–Crippen MR) is 81.1 cm³/mol. The molecule has 0 aliphatic rings. The van der Waals surface area contributed by atoms with E-state index in [2.05, 4.69) is 4.98 Å². The molecule has 0 fully saturated rings. The third-order valence-electron chi connectivity index (χ3n) is 3.11. The average Bonchev–Trinajstić information content (AvgIpc) is 2.33. The lowest BCUT2D eigenvalue weighted by atomic mass is 10.1. The number of aromatic amines is 1. The minimum atomic E-state index is -0.509. The fourth-order valence-electron chi connectivity index (χ4n) is 2.33. The highest BCUT2D eigenvalue weighted by atomic mass is 35.5. The minimum Gasteiger partial charge on any atom is -0.297 e. The van der Waals surface area contributed by atoms with Gasteiger partial charge in [-0.3, -0.25) is 9.78 Å². The number of hydrogen-bond acceptors (Lipinski definition) is 2. The molecule has 5 heteroatoms. The Hall–Kier alpha value is -1.81. The number of H-pyrrole nitrogens is 1. The van der Waals surface area contributed by atoms with E-state index >= 15 is 0 Å². The standard InChI is InChI=1S/C15H17ClN2O2/c1-4-5-12-13(16)17-15(20)18(14(12)19)11-7-9(2)6-10(3)8-11/h6-8H,4-5H2,1-3H3,(H,17,20). The normalized spacial score (nSPS) is 10.8. The fraction of sp³-hybridized carbons (Fsp3) is 0.333. The second-order valence-corrected chi connectivity index (χ2v) is 5.34. The van der Waals surface area contributed by atoms with Crippen molar-refractivity contribution in [3.63, 3.8) is 0 Å². The number of rotatable bonds is 3. The summed E-state index contributed by atoms with van der Waals surface area (Å²) in [5, 5.41) is 0.141. The van der Waals surface area contributed by atoms with Gasteiger partial charge in [0.15, 0.2) is 0 Å². The third-order valence-corrected chi connectivity index (χ3v) is 3.43. The van der Waals surface area contributed by atoms with Crippen LogP contribution >= 0.6 is 11.6 Å². The number of benzene rings is 1. The Balaban J connectivity index is 2.77. The van der Waals surface area contributed by atoms with Gasteiger partial charge in [-0.05, 0) is 43.5 Å². The molecule has 1 N–H and O–H groups in total. The van der Waals surface area contributed by atoms with Gasteiger partial charge in [-0.2, -0.15) is 0 Å². The van der Waals surface area contributed by atoms with Crippen molar-refractivity contribution in [2.45, 2.75) is 33.6 Å². The van der Waals surface area contributed by atoms with Crippen LogP contribution in [0.15, 0.2) is 27.8 Å². The van der Waals surface area contributed by atoms with Crippen LogP contribution in [0.5, 0.6) is 0 Å². The van der Waals surface area contributed by atoms with Crippen molar-refractivity contribution in [2.75, 3.05) is 0 Å². The van der Waals surface area contributed by atoms with Gasteiger partial charge in [0.25, 0.3) is 5.56 Å². The summed E-state index contributed by atoms with van der Waals surface area (Å²) < 4.78 is 1.15. The molecule has 1 aromatic carbocycles. The average molecular weight is 293 g/mol. The highest BCUT2D eigenvalue weighted by Crippen LogP contribution is 2.13. The van der Waals surface area contributed by atoms with Crippen molar-refractivity contribution in [3.05, 3.63) is 60.9 Å². The van der Waals surface area contributed by atoms with Gasteiger partial charge in [0, 0.05) is 0 Å². The zero-order valence-electron chi connectivity index (χ0n) is 11.8. The molecule has 0 aliphatic heterocycles. The van der Waals surface area contributed by atoms with Gasteiger partial charge in [0.2, 0.25) is 0 Å². The Morgan fingerprint density at radius 2 is 1.75 bits per heavy atom. The van der Waals surface area contributed by atoms with Gasteiger partial charge in [-0.25, -0.2) is 9.36 Å². The summed E-state index contributed by atoms with van der Waals surface area (Å²) in [6.45, 7) is 5.82. The molecular weight excluding hydrogens is 276 g/mol. The molecule has 2 rings (SSSR count). The predicted octanol–water partition coefficient (Wildman–Crippen LogP) is 2.75. The molecule has 0 saturated carbocycles. The smallest absolute Gasteiger partial charge is 0.297 e. The van der Waals surface area contributed by atoms with Gasteiger partial charge in [-0.1, -0.05) is 31.0 Å². The molecule has 1 heterocycles. The molecule has 0 atom stereocenters. The second kappa shape index (κ2) is 5.67. The molecule has 106 valence electrons. The van der Waals surface area contributed by atoms with Crippen LogP contribution in [0.2, 0.25) is 5.15 Å². The van der Waals surface area contributed by atoms with Crippen LogP contribution in [-0.4, -0.2) is 9.55 Å². The maximum Gasteiger partial charge on any atom is 0.334 e. The Morgan fingerprint density at radius 3 is 2.30 bits per heavy atom. The van der Waals surface area contributed by atoms with E-state index in [1.165, 1.54) is 0 Å². The first-order valence-corrected chi connectivity index (χ1v) is 6.94. The molecule has 0 spiro atoms. The number of aromatic nitrogens is 2. The molecule has 0 radical (unpaired) electrons. The quantitative estimate of drug-likeness (QED) is 0.885. The maximum atomic E-state index is 12.5. The second-order valence-electron chi connectivity index (χ2n) is 4.96. The van der Waals surface area contributed by atoms with E-state index in [4.69, 9.17) is 11.6 Å². The monoisotopic (exact) mass is 292 g/mol. The van der Waals surface area contributed by atoms with Crippen LogP contribution in [0.4, 0.5) is 0 Å². The highest BCUT2D eigenvalue weighted by molar-refractivity contribution is 6.30. The minimum absolute atomic E-state index is 0.141. The van der Waals surface area contributed by atoms with Crippen molar-refractivity contribution in [1.82, 2.24) is 9.55 Å². The third kappa shape index (κ3) is 2.70. The molecule has 0 amide bonds. The van der Waals surface area contributed by atoms with Crippen LogP contribution in [0.25, 0.3) is 5.69 Å². The zero-order valence-corrected chi connectivity index (χ0v) is 12.5. The number of halogens is 1. The Kier molecular flexibility index (Phi) is 4.14. The summed E-state index contributed by atoms with van der Waals surface area (Å²) in [4.78, 5) is 27.1. The van der Waals surface area contributed by atoms with Gasteiger partial charge >= 0.3 is 5.69 Å². The van der Waals surface area contributed by atoms with Crippen LogP contribution in [0, 0.1) is 13.8 Å². The largest absolute Gasteiger partial charge is 0.334 e. The molecular formula is C15H17ClN2O2. The van der Waals surface area contributed by atoms with Crippen molar-refractivity contribution >= 4 is 11.6 Å².